The lowest BCUT2D eigenvalue weighted by atomic mass is 10.0. The molecule has 15 heavy (non-hydrogen) atoms. The van der Waals surface area contributed by atoms with Gasteiger partial charge in [0, 0.05) is 12.1 Å². The zero-order valence-corrected chi connectivity index (χ0v) is 9.55. The van der Waals surface area contributed by atoms with E-state index in [9.17, 15) is 9.50 Å². The highest BCUT2D eigenvalue weighted by molar-refractivity contribution is 9.10. The van der Waals surface area contributed by atoms with Crippen LogP contribution in [-0.4, -0.2) is 24.9 Å². The first-order valence-electron chi connectivity index (χ1n) is 4.68. The minimum atomic E-state index is -0.432. The Morgan fingerprint density at radius 2 is 2.33 bits per heavy atom. The summed E-state index contributed by atoms with van der Waals surface area (Å²) in [6.45, 7) is 1.66. The summed E-state index contributed by atoms with van der Waals surface area (Å²) in [6.07, 6.45) is 0. The van der Waals surface area contributed by atoms with Gasteiger partial charge in [-0.3, -0.25) is 0 Å². The molecule has 1 aliphatic rings. The first kappa shape index (κ1) is 10.9. The number of hydrogen-bond donors (Lipinski definition) is 2. The second kappa shape index (κ2) is 4.47. The van der Waals surface area contributed by atoms with E-state index in [2.05, 4.69) is 21.2 Å². The lowest BCUT2D eigenvalue weighted by Crippen LogP contribution is -2.35. The van der Waals surface area contributed by atoms with Crippen molar-refractivity contribution in [2.45, 2.75) is 6.04 Å². The average Bonchev–Trinajstić information content (AvgIpc) is 2.26. The van der Waals surface area contributed by atoms with E-state index in [1.807, 2.05) is 0 Å². The third-order valence-electron chi connectivity index (χ3n) is 2.38. The number of halogens is 2. The van der Waals surface area contributed by atoms with Crippen molar-refractivity contribution < 1.29 is 14.2 Å². The lowest BCUT2D eigenvalue weighted by molar-refractivity contribution is 0.0748. The zero-order chi connectivity index (χ0) is 10.8. The lowest BCUT2D eigenvalue weighted by Gasteiger charge is -2.25. The third-order valence-corrected chi connectivity index (χ3v) is 2.99. The van der Waals surface area contributed by atoms with Crippen molar-refractivity contribution in [1.82, 2.24) is 5.32 Å². The highest BCUT2D eigenvalue weighted by Gasteiger charge is 2.23. The zero-order valence-electron chi connectivity index (χ0n) is 7.96. The van der Waals surface area contributed by atoms with Gasteiger partial charge in [-0.2, -0.15) is 0 Å². The molecule has 0 aromatic heterocycles. The molecule has 0 spiro atoms. The second-order valence-corrected chi connectivity index (χ2v) is 4.23. The van der Waals surface area contributed by atoms with Gasteiger partial charge in [0.1, 0.15) is 11.6 Å². The van der Waals surface area contributed by atoms with Crippen LogP contribution in [0.5, 0.6) is 5.75 Å². The molecule has 3 nitrogen and oxygen atoms in total. The van der Waals surface area contributed by atoms with Crippen LogP contribution in [0.4, 0.5) is 4.39 Å². The van der Waals surface area contributed by atoms with Gasteiger partial charge in [0.05, 0.1) is 23.7 Å². The van der Waals surface area contributed by atoms with E-state index in [1.165, 1.54) is 12.1 Å². The molecule has 1 saturated heterocycles. The largest absolute Gasteiger partial charge is 0.507 e. The van der Waals surface area contributed by atoms with Crippen molar-refractivity contribution in [3.63, 3.8) is 0 Å². The fourth-order valence-corrected chi connectivity index (χ4v) is 1.98. The Bertz CT molecular complexity index is 367. The second-order valence-electron chi connectivity index (χ2n) is 3.38. The first-order valence-corrected chi connectivity index (χ1v) is 5.47. The molecule has 1 heterocycles. The summed E-state index contributed by atoms with van der Waals surface area (Å²) in [5.74, 6) is -0.475. The van der Waals surface area contributed by atoms with Crippen LogP contribution in [0, 0.1) is 5.82 Å². The van der Waals surface area contributed by atoms with Gasteiger partial charge in [-0.1, -0.05) is 0 Å². The van der Waals surface area contributed by atoms with Crippen LogP contribution in [0.1, 0.15) is 11.6 Å². The molecule has 0 amide bonds. The third kappa shape index (κ3) is 2.14. The minimum absolute atomic E-state index is 0.0429. The summed E-state index contributed by atoms with van der Waals surface area (Å²) in [7, 11) is 0. The van der Waals surface area contributed by atoms with E-state index < -0.39 is 5.82 Å². The van der Waals surface area contributed by atoms with E-state index in [0.717, 1.165) is 0 Å². The Hall–Kier alpha value is -0.650. The molecule has 2 rings (SSSR count). The molecule has 1 aliphatic heterocycles. The van der Waals surface area contributed by atoms with E-state index in [1.54, 1.807) is 0 Å². The van der Waals surface area contributed by atoms with Gasteiger partial charge in [-0.25, -0.2) is 4.39 Å². The van der Waals surface area contributed by atoms with Crippen molar-refractivity contribution in [3.05, 3.63) is 28.0 Å². The molecule has 0 saturated carbocycles. The molecule has 1 unspecified atom stereocenters. The molecule has 82 valence electrons. The summed E-state index contributed by atoms with van der Waals surface area (Å²) in [6, 6.07) is 2.67. The van der Waals surface area contributed by atoms with Crippen LogP contribution in [0.15, 0.2) is 16.6 Å². The van der Waals surface area contributed by atoms with Gasteiger partial charge >= 0.3 is 0 Å². The maximum Gasteiger partial charge on any atom is 0.145 e. The highest BCUT2D eigenvalue weighted by Crippen LogP contribution is 2.32. The average molecular weight is 276 g/mol. The minimum Gasteiger partial charge on any atom is -0.507 e. The molecule has 2 N–H and O–H groups in total. The smallest absolute Gasteiger partial charge is 0.145 e. The Balaban J connectivity index is 2.36. The van der Waals surface area contributed by atoms with Crippen LogP contribution < -0.4 is 5.32 Å². The Kier molecular flexibility index (Phi) is 3.23. The van der Waals surface area contributed by atoms with Crippen LogP contribution >= 0.6 is 15.9 Å². The number of hydrogen-bond acceptors (Lipinski definition) is 3. The number of morpholine rings is 1. The molecule has 1 aromatic rings. The number of benzene rings is 1. The normalized spacial score (nSPS) is 21.6. The van der Waals surface area contributed by atoms with Gasteiger partial charge in [0.2, 0.25) is 0 Å². The molecule has 1 aromatic carbocycles. The van der Waals surface area contributed by atoms with Gasteiger partial charge in [0.25, 0.3) is 0 Å². The van der Waals surface area contributed by atoms with Crippen molar-refractivity contribution in [2.24, 2.45) is 0 Å². The van der Waals surface area contributed by atoms with Crippen molar-refractivity contribution >= 4 is 15.9 Å². The number of phenolic OH excluding ortho intramolecular Hbond substituents is 1. The molecule has 0 aliphatic carbocycles. The molecule has 1 fully saturated rings. The van der Waals surface area contributed by atoms with E-state index >= 15 is 0 Å². The highest BCUT2D eigenvalue weighted by atomic mass is 79.9. The number of phenols is 1. The number of ether oxygens (including phenoxy) is 1. The van der Waals surface area contributed by atoms with E-state index in [4.69, 9.17) is 4.74 Å². The van der Waals surface area contributed by atoms with Crippen LogP contribution in [0.2, 0.25) is 0 Å². The molecular weight excluding hydrogens is 265 g/mol. The SMILES string of the molecule is Oc1ccc(Br)c(F)c1C1COCCN1. The Labute approximate surface area is 95.4 Å². The molecular formula is C10H11BrFNO2. The maximum atomic E-state index is 13.7. The topological polar surface area (TPSA) is 41.5 Å². The van der Waals surface area contributed by atoms with E-state index in [0.29, 0.717) is 24.2 Å². The maximum absolute atomic E-state index is 13.7. The summed E-state index contributed by atoms with van der Waals surface area (Å²) >= 11 is 3.09. The quantitative estimate of drug-likeness (QED) is 0.823. The van der Waals surface area contributed by atoms with Crippen LogP contribution in [-0.2, 0) is 4.74 Å². The summed E-state index contributed by atoms with van der Waals surface area (Å²) in [5, 5.41) is 12.7. The number of nitrogens with one attached hydrogen (secondary N) is 1. The fraction of sp³-hybridized carbons (Fsp3) is 0.400. The standard InChI is InChI=1S/C10H11BrFNO2/c11-6-1-2-8(14)9(10(6)12)7-5-15-4-3-13-7/h1-2,7,13-14H,3-5H2. The Morgan fingerprint density at radius 3 is 3.00 bits per heavy atom. The van der Waals surface area contributed by atoms with E-state index in [-0.39, 0.29) is 17.4 Å². The monoisotopic (exact) mass is 275 g/mol. The summed E-state index contributed by atoms with van der Waals surface area (Å²) in [5.41, 5.74) is 0.268. The molecule has 0 bridgehead atoms. The van der Waals surface area contributed by atoms with Gasteiger partial charge < -0.3 is 15.2 Å². The number of aromatic hydroxyl groups is 1. The molecule has 0 radical (unpaired) electrons. The van der Waals surface area contributed by atoms with Crippen molar-refractivity contribution in [2.75, 3.05) is 19.8 Å². The summed E-state index contributed by atoms with van der Waals surface area (Å²) in [4.78, 5) is 0. The fourth-order valence-electron chi connectivity index (χ4n) is 1.64. The van der Waals surface area contributed by atoms with Gasteiger partial charge in [-0.15, -0.1) is 0 Å². The first-order chi connectivity index (χ1) is 7.20. The predicted molar refractivity (Wildman–Crippen MR) is 57.3 cm³/mol. The predicted octanol–water partition coefficient (Wildman–Crippen LogP) is 1.95. The summed E-state index contributed by atoms with van der Waals surface area (Å²) < 4.78 is 19.3. The van der Waals surface area contributed by atoms with Crippen molar-refractivity contribution in [1.29, 1.82) is 0 Å². The van der Waals surface area contributed by atoms with Gasteiger partial charge in [0.15, 0.2) is 0 Å². The molecule has 5 heteroatoms. The van der Waals surface area contributed by atoms with Crippen LogP contribution in [0.25, 0.3) is 0 Å². The van der Waals surface area contributed by atoms with Crippen molar-refractivity contribution in [3.8, 4) is 5.75 Å². The number of rotatable bonds is 1. The Morgan fingerprint density at radius 1 is 1.53 bits per heavy atom. The van der Waals surface area contributed by atoms with Gasteiger partial charge in [-0.05, 0) is 28.1 Å². The van der Waals surface area contributed by atoms with Crippen LogP contribution in [0.3, 0.4) is 0 Å². The molecule has 1 atom stereocenters.